The summed E-state index contributed by atoms with van der Waals surface area (Å²) in [6.07, 6.45) is 0. The second kappa shape index (κ2) is 6.11. The van der Waals surface area contributed by atoms with Crippen LogP contribution in [0.2, 0.25) is 5.02 Å². The van der Waals surface area contributed by atoms with Gasteiger partial charge in [0.15, 0.2) is 0 Å². The maximum Gasteiger partial charge on any atom is 0.338 e. The lowest BCUT2D eigenvalue weighted by molar-refractivity contribution is -0.384. The molecule has 21 heavy (non-hydrogen) atoms. The first-order valence-electron chi connectivity index (χ1n) is 5.88. The Kier molecular flexibility index (Phi) is 4.44. The van der Waals surface area contributed by atoms with Crippen molar-refractivity contribution in [3.8, 4) is 0 Å². The summed E-state index contributed by atoms with van der Waals surface area (Å²) in [7, 11) is 0. The van der Waals surface area contributed by atoms with Gasteiger partial charge in [0.05, 0.1) is 21.2 Å². The number of anilines is 1. The summed E-state index contributed by atoms with van der Waals surface area (Å²) in [5, 5.41) is 24.8. The van der Waals surface area contributed by atoms with Crippen molar-refractivity contribution in [1.29, 1.82) is 0 Å². The maximum atomic E-state index is 11.3. The fourth-order valence-electron chi connectivity index (χ4n) is 1.80. The van der Waals surface area contributed by atoms with Crippen LogP contribution in [0.15, 0.2) is 23.6 Å². The van der Waals surface area contributed by atoms with Gasteiger partial charge in [-0.05, 0) is 23.9 Å². The molecule has 0 radical (unpaired) electrons. The molecule has 0 aliphatic rings. The fraction of sp³-hybridized carbons (Fsp3) is 0.154. The highest BCUT2D eigenvalue weighted by atomic mass is 35.5. The topological polar surface area (TPSA) is 92.5 Å². The lowest BCUT2D eigenvalue weighted by atomic mass is 10.1. The summed E-state index contributed by atoms with van der Waals surface area (Å²) in [5.41, 5.74) is 0.698. The molecule has 1 heterocycles. The Bertz CT molecular complexity index is 714. The van der Waals surface area contributed by atoms with E-state index in [0.717, 1.165) is 22.6 Å². The molecule has 6 nitrogen and oxygen atoms in total. The fourth-order valence-corrected chi connectivity index (χ4v) is 2.93. The van der Waals surface area contributed by atoms with E-state index in [-0.39, 0.29) is 22.0 Å². The monoisotopic (exact) mass is 326 g/mol. The number of nitro benzene ring substituents is 1. The lowest BCUT2D eigenvalue weighted by Crippen LogP contribution is -2.08. The minimum Gasteiger partial charge on any atom is -0.478 e. The lowest BCUT2D eigenvalue weighted by Gasteiger charge is -2.11. The largest absolute Gasteiger partial charge is 0.478 e. The molecule has 0 aliphatic carbocycles. The second-order valence-corrected chi connectivity index (χ2v) is 5.70. The second-order valence-electron chi connectivity index (χ2n) is 4.29. The molecule has 0 fully saturated rings. The summed E-state index contributed by atoms with van der Waals surface area (Å²) in [4.78, 5) is 22.4. The molecule has 0 amide bonds. The van der Waals surface area contributed by atoms with Crippen molar-refractivity contribution in [2.75, 3.05) is 5.32 Å². The predicted molar refractivity (Wildman–Crippen MR) is 81.4 cm³/mol. The molecule has 2 N–H and O–H groups in total. The number of aromatic carboxylic acids is 1. The molecule has 0 spiro atoms. The molecule has 0 saturated heterocycles. The number of carboxylic acid groups (broad SMARTS) is 1. The van der Waals surface area contributed by atoms with E-state index in [9.17, 15) is 20.0 Å². The molecule has 8 heteroatoms. The molecular formula is C13H11ClN2O4S. The number of halogens is 1. The Balaban J connectivity index is 2.36. The molecule has 0 unspecified atom stereocenters. The van der Waals surface area contributed by atoms with Crippen molar-refractivity contribution >= 4 is 40.3 Å². The van der Waals surface area contributed by atoms with Crippen molar-refractivity contribution in [1.82, 2.24) is 0 Å². The summed E-state index contributed by atoms with van der Waals surface area (Å²) in [6, 6.07) is 4.09. The van der Waals surface area contributed by atoms with E-state index in [1.807, 2.05) is 18.4 Å². The Hall–Kier alpha value is -2.12. The van der Waals surface area contributed by atoms with Gasteiger partial charge in [-0.15, -0.1) is 11.3 Å². The average molecular weight is 327 g/mol. The number of non-ortho nitro benzene ring substituents is 1. The normalized spacial score (nSPS) is 10.4. The van der Waals surface area contributed by atoms with Gasteiger partial charge in [0.1, 0.15) is 0 Å². The van der Waals surface area contributed by atoms with E-state index in [4.69, 9.17) is 11.6 Å². The molecule has 1 aromatic carbocycles. The molecule has 0 saturated carbocycles. The van der Waals surface area contributed by atoms with Gasteiger partial charge in [0, 0.05) is 23.6 Å². The van der Waals surface area contributed by atoms with Crippen LogP contribution in [0.3, 0.4) is 0 Å². The molecule has 0 bridgehead atoms. The first kappa shape index (κ1) is 15.3. The first-order chi connectivity index (χ1) is 9.90. The zero-order chi connectivity index (χ0) is 15.6. The number of thiophene rings is 1. The third-order valence-corrected chi connectivity index (χ3v) is 4.23. The Morgan fingerprint density at radius 2 is 2.24 bits per heavy atom. The van der Waals surface area contributed by atoms with Crippen molar-refractivity contribution in [3.05, 3.63) is 54.7 Å². The van der Waals surface area contributed by atoms with E-state index in [1.54, 1.807) is 0 Å². The van der Waals surface area contributed by atoms with Gasteiger partial charge in [-0.3, -0.25) is 10.1 Å². The first-order valence-corrected chi connectivity index (χ1v) is 7.14. The van der Waals surface area contributed by atoms with Crippen LogP contribution in [-0.2, 0) is 6.54 Å². The van der Waals surface area contributed by atoms with Crippen molar-refractivity contribution in [2.45, 2.75) is 13.5 Å². The highest BCUT2D eigenvalue weighted by Gasteiger charge is 2.20. The van der Waals surface area contributed by atoms with Crippen LogP contribution in [0.25, 0.3) is 0 Å². The number of rotatable bonds is 5. The van der Waals surface area contributed by atoms with Gasteiger partial charge in [-0.25, -0.2) is 4.79 Å². The molecular weight excluding hydrogens is 316 g/mol. The highest BCUT2D eigenvalue weighted by molar-refractivity contribution is 7.10. The molecule has 0 atom stereocenters. The van der Waals surface area contributed by atoms with Crippen LogP contribution in [0, 0.1) is 17.0 Å². The average Bonchev–Trinajstić information content (AvgIpc) is 2.81. The van der Waals surface area contributed by atoms with Crippen LogP contribution in [0.5, 0.6) is 0 Å². The van der Waals surface area contributed by atoms with Gasteiger partial charge in [-0.2, -0.15) is 0 Å². The highest BCUT2D eigenvalue weighted by Crippen LogP contribution is 2.32. The van der Waals surface area contributed by atoms with Crippen molar-refractivity contribution < 1.29 is 14.8 Å². The summed E-state index contributed by atoms with van der Waals surface area (Å²) < 4.78 is 0. The third-order valence-electron chi connectivity index (χ3n) is 2.91. The van der Waals surface area contributed by atoms with Crippen molar-refractivity contribution in [3.63, 3.8) is 0 Å². The number of nitrogens with one attached hydrogen (secondary N) is 1. The standard InChI is InChI=1S/C13H11ClN2O4S/c1-7-2-3-21-11(7)6-15-12-9(13(17)18)4-8(16(19)20)5-10(12)14/h2-5,15H,6H2,1H3,(H,17,18). The van der Waals surface area contributed by atoms with Crippen LogP contribution >= 0.6 is 22.9 Å². The van der Waals surface area contributed by atoms with Crippen LogP contribution < -0.4 is 5.32 Å². The SMILES string of the molecule is Cc1ccsc1CNc1c(Cl)cc([N+](=O)[O-])cc1C(=O)O. The zero-order valence-electron chi connectivity index (χ0n) is 10.9. The number of hydrogen-bond donors (Lipinski definition) is 2. The number of benzene rings is 1. The molecule has 0 aliphatic heterocycles. The summed E-state index contributed by atoms with van der Waals surface area (Å²) in [6.45, 7) is 2.35. The predicted octanol–water partition coefficient (Wildman–Crippen LogP) is 3.93. The summed E-state index contributed by atoms with van der Waals surface area (Å²) in [5.74, 6) is -1.27. The molecule has 110 valence electrons. The number of aryl methyl sites for hydroxylation is 1. The Labute approximate surface area is 129 Å². The quantitative estimate of drug-likeness (QED) is 0.641. The van der Waals surface area contributed by atoms with E-state index >= 15 is 0 Å². The van der Waals surface area contributed by atoms with E-state index in [0.29, 0.717) is 6.54 Å². The van der Waals surface area contributed by atoms with Crippen LogP contribution in [0.4, 0.5) is 11.4 Å². The minimum absolute atomic E-state index is 0.0100. The van der Waals surface area contributed by atoms with Crippen LogP contribution in [-0.4, -0.2) is 16.0 Å². The smallest absolute Gasteiger partial charge is 0.338 e. The molecule has 1 aromatic heterocycles. The van der Waals surface area contributed by atoms with Crippen LogP contribution in [0.1, 0.15) is 20.8 Å². The van der Waals surface area contributed by atoms with Gasteiger partial charge in [0.25, 0.3) is 5.69 Å². The Morgan fingerprint density at radius 3 is 2.76 bits per heavy atom. The number of nitrogens with zero attached hydrogens (tertiary/aromatic N) is 1. The number of nitro groups is 1. The maximum absolute atomic E-state index is 11.3. The third kappa shape index (κ3) is 3.32. The van der Waals surface area contributed by atoms with Gasteiger partial charge in [0.2, 0.25) is 0 Å². The number of carbonyl (C=O) groups is 1. The molecule has 2 rings (SSSR count). The van der Waals surface area contributed by atoms with Gasteiger partial charge in [-0.1, -0.05) is 11.6 Å². The number of hydrogen-bond acceptors (Lipinski definition) is 5. The molecule has 2 aromatic rings. The van der Waals surface area contributed by atoms with Gasteiger partial charge >= 0.3 is 5.97 Å². The van der Waals surface area contributed by atoms with E-state index in [1.165, 1.54) is 11.3 Å². The zero-order valence-corrected chi connectivity index (χ0v) is 12.5. The van der Waals surface area contributed by atoms with E-state index < -0.39 is 10.9 Å². The number of carboxylic acids is 1. The minimum atomic E-state index is -1.27. The van der Waals surface area contributed by atoms with Gasteiger partial charge < -0.3 is 10.4 Å². The van der Waals surface area contributed by atoms with Crippen molar-refractivity contribution in [2.24, 2.45) is 0 Å². The van der Waals surface area contributed by atoms with E-state index in [2.05, 4.69) is 5.32 Å². The summed E-state index contributed by atoms with van der Waals surface area (Å²) >= 11 is 7.51. The Morgan fingerprint density at radius 1 is 1.52 bits per heavy atom.